The van der Waals surface area contributed by atoms with Gasteiger partial charge in [-0.1, -0.05) is 35.5 Å². The first-order valence-corrected chi connectivity index (χ1v) is 7.66. The molecular weight excluding hydrogens is 340 g/mol. The van der Waals surface area contributed by atoms with Crippen molar-refractivity contribution in [3.8, 4) is 11.3 Å². The first kappa shape index (κ1) is 17.2. The van der Waals surface area contributed by atoms with Gasteiger partial charge >= 0.3 is 11.9 Å². The molecule has 3 aromatic rings. The summed E-state index contributed by atoms with van der Waals surface area (Å²) in [6, 6.07) is 12.2. The third kappa shape index (κ3) is 3.54. The number of aromatic nitrogens is 1. The number of fused-ring (bicyclic) bond motifs is 1. The van der Waals surface area contributed by atoms with Crippen molar-refractivity contribution in [1.29, 1.82) is 0 Å². The van der Waals surface area contributed by atoms with Gasteiger partial charge in [0, 0.05) is 11.1 Å². The number of benzene rings is 2. The van der Waals surface area contributed by atoms with E-state index in [-0.39, 0.29) is 5.56 Å². The van der Waals surface area contributed by atoms with E-state index in [9.17, 15) is 14.4 Å². The second kappa shape index (κ2) is 7.06. The fourth-order valence-corrected chi connectivity index (χ4v) is 2.50. The van der Waals surface area contributed by atoms with Gasteiger partial charge in [0.2, 0.25) is 0 Å². The number of carbonyl (C=O) groups excluding carboxylic acids is 1. The zero-order valence-corrected chi connectivity index (χ0v) is 13.4. The van der Waals surface area contributed by atoms with Gasteiger partial charge in [0.25, 0.3) is 5.91 Å². The summed E-state index contributed by atoms with van der Waals surface area (Å²) in [7, 11) is 0. The molecule has 0 fully saturated rings. The molecule has 0 aliphatic carbocycles. The molecule has 132 valence electrons. The molecule has 0 spiro atoms. The highest BCUT2D eigenvalue weighted by Crippen LogP contribution is 2.29. The first-order chi connectivity index (χ1) is 12.5. The average Bonchev–Trinajstić information content (AvgIpc) is 3.04. The van der Waals surface area contributed by atoms with Crippen LogP contribution in [0.4, 0.5) is 0 Å². The number of hydrogen-bond donors (Lipinski definition) is 3. The summed E-state index contributed by atoms with van der Waals surface area (Å²) in [6.45, 7) is 0. The zero-order valence-electron chi connectivity index (χ0n) is 13.4. The highest BCUT2D eigenvalue weighted by molar-refractivity contribution is 6.02. The molecule has 0 aliphatic rings. The Hall–Kier alpha value is -3.68. The molecule has 3 rings (SSSR count). The van der Waals surface area contributed by atoms with E-state index in [0.717, 1.165) is 5.56 Å². The molecule has 0 unspecified atom stereocenters. The van der Waals surface area contributed by atoms with E-state index < -0.39 is 30.3 Å². The molecule has 1 atom stereocenters. The quantitative estimate of drug-likeness (QED) is 0.618. The molecule has 1 aromatic heterocycles. The molecule has 0 radical (unpaired) electrons. The van der Waals surface area contributed by atoms with Gasteiger partial charge in [0.15, 0.2) is 5.76 Å². The molecule has 0 saturated carbocycles. The number of carboxylic acid groups (broad SMARTS) is 2. The van der Waals surface area contributed by atoms with Gasteiger partial charge < -0.3 is 20.1 Å². The van der Waals surface area contributed by atoms with Crippen LogP contribution in [0.25, 0.3) is 22.2 Å². The van der Waals surface area contributed by atoms with Crippen LogP contribution in [0.5, 0.6) is 0 Å². The van der Waals surface area contributed by atoms with Crippen LogP contribution in [0.15, 0.2) is 53.1 Å². The number of aliphatic carboxylic acids is 2. The number of carbonyl (C=O) groups is 3. The number of rotatable bonds is 6. The average molecular weight is 354 g/mol. The molecule has 0 saturated heterocycles. The fourth-order valence-electron chi connectivity index (χ4n) is 2.50. The van der Waals surface area contributed by atoms with Crippen LogP contribution < -0.4 is 5.32 Å². The third-order valence-corrected chi connectivity index (χ3v) is 3.76. The summed E-state index contributed by atoms with van der Waals surface area (Å²) in [4.78, 5) is 34.2. The predicted octanol–water partition coefficient (Wildman–Crippen LogP) is 2.15. The van der Waals surface area contributed by atoms with E-state index in [1.807, 2.05) is 30.3 Å². The van der Waals surface area contributed by atoms with Gasteiger partial charge in [-0.05, 0) is 18.2 Å². The van der Waals surface area contributed by atoms with Crippen LogP contribution in [-0.2, 0) is 9.59 Å². The monoisotopic (exact) mass is 354 g/mol. The highest BCUT2D eigenvalue weighted by Gasteiger charge is 2.24. The van der Waals surface area contributed by atoms with Crippen molar-refractivity contribution < 1.29 is 29.1 Å². The predicted molar refractivity (Wildman–Crippen MR) is 90.6 cm³/mol. The molecule has 1 amide bonds. The van der Waals surface area contributed by atoms with Crippen molar-refractivity contribution in [2.24, 2.45) is 0 Å². The topological polar surface area (TPSA) is 130 Å². The van der Waals surface area contributed by atoms with Gasteiger partial charge in [-0.25, -0.2) is 4.79 Å². The molecule has 26 heavy (non-hydrogen) atoms. The van der Waals surface area contributed by atoms with Crippen LogP contribution in [0.3, 0.4) is 0 Å². The van der Waals surface area contributed by atoms with Gasteiger partial charge in [-0.3, -0.25) is 9.59 Å². The van der Waals surface area contributed by atoms with Crippen molar-refractivity contribution in [1.82, 2.24) is 10.5 Å². The second-order valence-corrected chi connectivity index (χ2v) is 5.57. The number of nitrogens with zero attached hydrogens (tertiary/aromatic N) is 1. The molecule has 0 aliphatic heterocycles. The minimum absolute atomic E-state index is 0.175. The summed E-state index contributed by atoms with van der Waals surface area (Å²) < 4.78 is 5.35. The minimum Gasteiger partial charge on any atom is -0.481 e. The van der Waals surface area contributed by atoms with E-state index in [1.165, 1.54) is 12.1 Å². The van der Waals surface area contributed by atoms with Crippen molar-refractivity contribution in [2.75, 3.05) is 0 Å². The summed E-state index contributed by atoms with van der Waals surface area (Å²) in [5.41, 5.74) is 1.50. The van der Waals surface area contributed by atoms with E-state index >= 15 is 0 Å². The van der Waals surface area contributed by atoms with Crippen molar-refractivity contribution in [2.45, 2.75) is 12.5 Å². The van der Waals surface area contributed by atoms with Crippen LogP contribution >= 0.6 is 0 Å². The third-order valence-electron chi connectivity index (χ3n) is 3.76. The maximum absolute atomic E-state index is 12.3. The lowest BCUT2D eigenvalue weighted by Gasteiger charge is -2.12. The minimum atomic E-state index is -1.52. The Balaban J connectivity index is 1.92. The van der Waals surface area contributed by atoms with Gasteiger partial charge in [0.1, 0.15) is 11.6 Å². The smallest absolute Gasteiger partial charge is 0.326 e. The molecule has 8 heteroatoms. The van der Waals surface area contributed by atoms with Crippen molar-refractivity contribution >= 4 is 28.7 Å². The zero-order chi connectivity index (χ0) is 18.7. The standard InChI is InChI=1S/C18H14N2O6/c21-15(22)9-14(18(24)25)19-17(23)11-6-7-13-12(8-11)16(26-20-13)10-4-2-1-3-5-10/h1-8,14H,9H2,(H,19,23)(H,21,22)(H,24,25)/t14-/m0/s1. The maximum atomic E-state index is 12.3. The van der Waals surface area contributed by atoms with E-state index in [2.05, 4.69) is 10.5 Å². The lowest BCUT2D eigenvalue weighted by Crippen LogP contribution is -2.42. The molecular formula is C18H14N2O6. The summed E-state index contributed by atoms with van der Waals surface area (Å²) in [6.07, 6.45) is -0.716. The maximum Gasteiger partial charge on any atom is 0.326 e. The van der Waals surface area contributed by atoms with E-state index in [4.69, 9.17) is 14.7 Å². The summed E-state index contributed by atoms with van der Waals surface area (Å²) >= 11 is 0. The Morgan fingerprint density at radius 2 is 1.81 bits per heavy atom. The van der Waals surface area contributed by atoms with E-state index in [0.29, 0.717) is 16.7 Å². The number of nitrogens with one attached hydrogen (secondary N) is 1. The fraction of sp³-hybridized carbons (Fsp3) is 0.111. The van der Waals surface area contributed by atoms with Crippen LogP contribution in [0.1, 0.15) is 16.8 Å². The summed E-state index contributed by atoms with van der Waals surface area (Å²) in [5.74, 6) is -2.95. The highest BCUT2D eigenvalue weighted by atomic mass is 16.5. The Bertz CT molecular complexity index is 980. The Labute approximate surface area is 147 Å². The number of carboxylic acids is 2. The second-order valence-electron chi connectivity index (χ2n) is 5.57. The number of amides is 1. The first-order valence-electron chi connectivity index (χ1n) is 7.66. The Kier molecular flexibility index (Phi) is 4.66. The SMILES string of the molecule is O=C(O)C[C@H](NC(=O)c1ccc2noc(-c3ccccc3)c2c1)C(=O)O. The lowest BCUT2D eigenvalue weighted by atomic mass is 10.1. The van der Waals surface area contributed by atoms with E-state index in [1.54, 1.807) is 6.07 Å². The Morgan fingerprint density at radius 3 is 2.46 bits per heavy atom. The molecule has 8 nitrogen and oxygen atoms in total. The van der Waals surface area contributed by atoms with Crippen molar-refractivity contribution in [3.63, 3.8) is 0 Å². The number of hydrogen-bond acceptors (Lipinski definition) is 5. The normalized spacial score (nSPS) is 11.8. The molecule has 3 N–H and O–H groups in total. The van der Waals surface area contributed by atoms with Crippen molar-refractivity contribution in [3.05, 3.63) is 54.1 Å². The van der Waals surface area contributed by atoms with Crippen LogP contribution in [-0.4, -0.2) is 39.3 Å². The van der Waals surface area contributed by atoms with Crippen LogP contribution in [0, 0.1) is 0 Å². The Morgan fingerprint density at radius 1 is 1.08 bits per heavy atom. The van der Waals surface area contributed by atoms with Crippen LogP contribution in [0.2, 0.25) is 0 Å². The van der Waals surface area contributed by atoms with Gasteiger partial charge in [-0.2, -0.15) is 0 Å². The van der Waals surface area contributed by atoms with Gasteiger partial charge in [-0.15, -0.1) is 0 Å². The largest absolute Gasteiger partial charge is 0.481 e. The lowest BCUT2D eigenvalue weighted by molar-refractivity contribution is -0.145. The molecule has 0 bridgehead atoms. The molecule has 2 aromatic carbocycles. The summed E-state index contributed by atoms with van der Waals surface area (Å²) in [5, 5.41) is 24.6. The molecule has 1 heterocycles. The van der Waals surface area contributed by atoms with Gasteiger partial charge in [0.05, 0.1) is 11.8 Å².